The summed E-state index contributed by atoms with van der Waals surface area (Å²) in [6, 6.07) is 99.2. The minimum atomic E-state index is -0.503. The van der Waals surface area contributed by atoms with Crippen molar-refractivity contribution in [3.05, 3.63) is 289 Å². The van der Waals surface area contributed by atoms with Crippen molar-refractivity contribution in [2.75, 3.05) is 4.90 Å². The molecule has 0 radical (unpaired) electrons. The summed E-state index contributed by atoms with van der Waals surface area (Å²) in [5, 5.41) is 7.37. The van der Waals surface area contributed by atoms with Crippen molar-refractivity contribution in [1.82, 2.24) is 4.57 Å². The highest BCUT2D eigenvalue weighted by Crippen LogP contribution is 2.61. The second kappa shape index (κ2) is 15.4. The number of aromatic nitrogens is 1. The maximum absolute atomic E-state index is 2.52. The fraction of sp³-hybridized carbons (Fsp3) is 0.0145. The predicted molar refractivity (Wildman–Crippen MR) is 298 cm³/mol. The first-order valence-electron chi connectivity index (χ1n) is 24.7. The number of anilines is 3. The van der Waals surface area contributed by atoms with E-state index in [-0.39, 0.29) is 0 Å². The molecule has 1 atom stereocenters. The third kappa shape index (κ3) is 5.71. The second-order valence-corrected chi connectivity index (χ2v) is 19.1. The predicted octanol–water partition coefficient (Wildman–Crippen LogP) is 18.2. The molecule has 0 amide bonds. The number of benzene rings is 12. The largest absolute Gasteiger partial charge is 0.309 e. The molecule has 2 nitrogen and oxygen atoms in total. The molecule has 1 aliphatic heterocycles. The Balaban J connectivity index is 0.898. The van der Waals surface area contributed by atoms with Gasteiger partial charge in [0.25, 0.3) is 0 Å². The van der Waals surface area contributed by atoms with E-state index >= 15 is 0 Å². The monoisotopic (exact) mass is 900 g/mol. The van der Waals surface area contributed by atoms with Crippen LogP contribution in [-0.2, 0) is 5.41 Å². The Bertz CT molecular complexity index is 4300. The zero-order valence-corrected chi connectivity index (χ0v) is 38.8. The van der Waals surface area contributed by atoms with Crippen LogP contribution in [0.5, 0.6) is 0 Å². The van der Waals surface area contributed by atoms with Gasteiger partial charge >= 0.3 is 0 Å². The molecule has 1 aromatic heterocycles. The van der Waals surface area contributed by atoms with Gasteiger partial charge in [0.2, 0.25) is 0 Å². The lowest BCUT2D eigenvalue weighted by atomic mass is 9.65. The second-order valence-electron chi connectivity index (χ2n) is 19.1. The standard InChI is InChI=1S/C69H44N2/c1-2-18-45(19-3-1)52-22-6-7-24-54(52)57-26-9-13-32-65(57)70(64-35-16-21-46-20-4-5-23-53(46)64)51-40-38-48-42-47(36-37-49(48)43-51)50-39-41-56-55-25-8-11-29-60(55)69(63(56)44-50)61-30-12-15-34-67(61)71-66-33-14-10-27-58(66)59-28-17-31-62(69)68(59)71/h1-44H. The molecule has 330 valence electrons. The van der Waals surface area contributed by atoms with Crippen LogP contribution >= 0.6 is 0 Å². The molecule has 0 N–H and O–H groups in total. The molecule has 1 unspecified atom stereocenters. The van der Waals surface area contributed by atoms with Crippen molar-refractivity contribution in [3.8, 4) is 50.2 Å². The third-order valence-corrected chi connectivity index (χ3v) is 15.6. The molecule has 0 saturated heterocycles. The summed E-state index contributed by atoms with van der Waals surface area (Å²) >= 11 is 0. The Hall–Kier alpha value is -9.24. The lowest BCUT2D eigenvalue weighted by molar-refractivity contribution is 0.749. The lowest BCUT2D eigenvalue weighted by Crippen LogP contribution is -2.33. The Morgan fingerprint density at radius 2 is 0.887 bits per heavy atom. The van der Waals surface area contributed by atoms with Crippen molar-refractivity contribution in [1.29, 1.82) is 0 Å². The molecule has 1 aliphatic carbocycles. The van der Waals surface area contributed by atoms with Crippen molar-refractivity contribution in [2.24, 2.45) is 0 Å². The highest BCUT2D eigenvalue weighted by molar-refractivity contribution is 6.13. The van der Waals surface area contributed by atoms with E-state index in [2.05, 4.69) is 276 Å². The summed E-state index contributed by atoms with van der Waals surface area (Å²) in [5.41, 5.74) is 21.7. The number of rotatable bonds is 6. The zero-order valence-electron chi connectivity index (χ0n) is 38.8. The average Bonchev–Trinajstić information content (AvgIpc) is 3.94. The summed E-state index contributed by atoms with van der Waals surface area (Å²) in [5.74, 6) is 0. The normalized spacial score (nSPS) is 14.3. The van der Waals surface area contributed by atoms with Crippen LogP contribution in [0, 0.1) is 0 Å². The van der Waals surface area contributed by atoms with Crippen molar-refractivity contribution < 1.29 is 0 Å². The minimum Gasteiger partial charge on any atom is -0.309 e. The van der Waals surface area contributed by atoms with Gasteiger partial charge in [-0.05, 0) is 126 Å². The summed E-state index contributed by atoms with van der Waals surface area (Å²) in [6.07, 6.45) is 0. The van der Waals surface area contributed by atoms with Crippen LogP contribution in [0.2, 0.25) is 0 Å². The van der Waals surface area contributed by atoms with Crippen LogP contribution in [0.3, 0.4) is 0 Å². The molecule has 0 bridgehead atoms. The van der Waals surface area contributed by atoms with Crippen molar-refractivity contribution in [2.45, 2.75) is 5.41 Å². The summed E-state index contributed by atoms with van der Waals surface area (Å²) < 4.78 is 2.52. The molecule has 0 fully saturated rings. The van der Waals surface area contributed by atoms with Gasteiger partial charge < -0.3 is 9.47 Å². The summed E-state index contributed by atoms with van der Waals surface area (Å²) in [4.78, 5) is 2.46. The van der Waals surface area contributed by atoms with Gasteiger partial charge in [-0.2, -0.15) is 0 Å². The van der Waals surface area contributed by atoms with Gasteiger partial charge in [0.1, 0.15) is 0 Å². The molecule has 2 heteroatoms. The van der Waals surface area contributed by atoms with Crippen LogP contribution in [0.4, 0.5) is 17.1 Å². The van der Waals surface area contributed by atoms with Crippen LogP contribution in [0.25, 0.3) is 93.5 Å². The van der Waals surface area contributed by atoms with Gasteiger partial charge in [-0.1, -0.05) is 218 Å². The number of hydrogen-bond acceptors (Lipinski definition) is 1. The number of nitrogens with zero attached hydrogens (tertiary/aromatic N) is 2. The third-order valence-electron chi connectivity index (χ3n) is 15.6. The molecular formula is C69H44N2. The van der Waals surface area contributed by atoms with Crippen molar-refractivity contribution in [3.63, 3.8) is 0 Å². The molecule has 71 heavy (non-hydrogen) atoms. The first kappa shape index (κ1) is 39.7. The van der Waals surface area contributed by atoms with Gasteiger partial charge in [0.15, 0.2) is 0 Å². The molecule has 2 aliphatic rings. The molecule has 2 heterocycles. The van der Waals surface area contributed by atoms with E-state index in [1.54, 1.807) is 0 Å². The Kier molecular flexibility index (Phi) is 8.61. The van der Waals surface area contributed by atoms with E-state index in [4.69, 9.17) is 0 Å². The van der Waals surface area contributed by atoms with E-state index in [0.29, 0.717) is 0 Å². The maximum Gasteiger partial charge on any atom is 0.0754 e. The topological polar surface area (TPSA) is 8.17 Å². The summed E-state index contributed by atoms with van der Waals surface area (Å²) in [6.45, 7) is 0. The highest BCUT2D eigenvalue weighted by atomic mass is 15.1. The summed E-state index contributed by atoms with van der Waals surface area (Å²) in [7, 11) is 0. The van der Waals surface area contributed by atoms with Gasteiger partial charge in [0.05, 0.1) is 33.5 Å². The fourth-order valence-corrected chi connectivity index (χ4v) is 12.6. The molecule has 15 rings (SSSR count). The minimum absolute atomic E-state index is 0.503. The Morgan fingerprint density at radius 1 is 0.296 bits per heavy atom. The highest BCUT2D eigenvalue weighted by Gasteiger charge is 2.50. The molecule has 0 saturated carbocycles. The number of hydrogen-bond donors (Lipinski definition) is 0. The SMILES string of the molecule is c1ccc(-c2ccccc2-c2ccccc2N(c2ccc3cc(-c4ccc5c(c4)C4(c6ccccc6-5)c5ccccc5-n5c6ccccc6c6cccc4c65)ccc3c2)c2cccc3ccccc23)cc1. The van der Waals surface area contributed by atoms with Crippen molar-refractivity contribution >= 4 is 60.4 Å². The number of para-hydroxylation sites is 4. The van der Waals surface area contributed by atoms with Crippen LogP contribution in [0.1, 0.15) is 22.3 Å². The first-order chi connectivity index (χ1) is 35.2. The van der Waals surface area contributed by atoms with E-state index in [1.165, 1.54) is 116 Å². The maximum atomic E-state index is 2.52. The molecule has 12 aromatic carbocycles. The van der Waals surface area contributed by atoms with Crippen LogP contribution in [-0.4, -0.2) is 4.57 Å². The quantitative estimate of drug-likeness (QED) is 0.161. The number of fused-ring (bicyclic) bond motifs is 14. The smallest absolute Gasteiger partial charge is 0.0754 e. The average molecular weight is 901 g/mol. The zero-order chi connectivity index (χ0) is 46.6. The van der Waals surface area contributed by atoms with Gasteiger partial charge in [-0.15, -0.1) is 0 Å². The van der Waals surface area contributed by atoms with Crippen LogP contribution in [0.15, 0.2) is 267 Å². The van der Waals surface area contributed by atoms with Crippen LogP contribution < -0.4 is 4.90 Å². The van der Waals surface area contributed by atoms with Gasteiger partial charge in [-0.3, -0.25) is 0 Å². The van der Waals surface area contributed by atoms with Gasteiger partial charge in [-0.25, -0.2) is 0 Å². The van der Waals surface area contributed by atoms with E-state index in [0.717, 1.165) is 17.1 Å². The Labute approximate surface area is 412 Å². The Morgan fingerprint density at radius 3 is 1.79 bits per heavy atom. The van der Waals surface area contributed by atoms with Gasteiger partial charge in [0, 0.05) is 27.4 Å². The lowest BCUT2D eigenvalue weighted by Gasteiger charge is -2.39. The fourth-order valence-electron chi connectivity index (χ4n) is 12.6. The molecular weight excluding hydrogens is 857 g/mol. The van der Waals surface area contributed by atoms with E-state index < -0.39 is 5.41 Å². The molecule has 13 aromatic rings. The van der Waals surface area contributed by atoms with E-state index in [1.807, 2.05) is 0 Å². The van der Waals surface area contributed by atoms with E-state index in [9.17, 15) is 0 Å². The first-order valence-corrected chi connectivity index (χ1v) is 24.7. The molecule has 1 spiro atoms.